The van der Waals surface area contributed by atoms with Crippen LogP contribution in [0.15, 0.2) is 81.6 Å². The topological polar surface area (TPSA) is 132 Å². The molecule has 4 rings (SSSR count). The van der Waals surface area contributed by atoms with E-state index in [0.717, 1.165) is 10.8 Å². The monoisotopic (exact) mass is 539 g/mol. The largest absolute Gasteiger partial charge is 0.481 e. The van der Waals surface area contributed by atoms with Gasteiger partial charge in [-0.05, 0) is 55.8 Å². The van der Waals surface area contributed by atoms with Gasteiger partial charge in [0.25, 0.3) is 0 Å². The van der Waals surface area contributed by atoms with E-state index in [-0.39, 0.29) is 17.9 Å². The predicted molar refractivity (Wildman–Crippen MR) is 137 cm³/mol. The number of carboxylic acid groups (broad SMARTS) is 1. The van der Waals surface area contributed by atoms with Gasteiger partial charge in [0.05, 0.1) is 36.6 Å². The zero-order valence-corrected chi connectivity index (χ0v) is 21.1. The van der Waals surface area contributed by atoms with Crippen molar-refractivity contribution in [2.45, 2.75) is 26.4 Å². The Kier molecular flexibility index (Phi) is 7.87. The highest BCUT2D eigenvalue weighted by Crippen LogP contribution is 2.23. The molecule has 2 atom stereocenters. The minimum Gasteiger partial charge on any atom is -0.481 e. The molecule has 0 aliphatic carbocycles. The van der Waals surface area contributed by atoms with Crippen LogP contribution in [0.4, 0.5) is 10.1 Å². The van der Waals surface area contributed by atoms with Gasteiger partial charge in [-0.1, -0.05) is 23.7 Å². The lowest BCUT2D eigenvalue weighted by Gasteiger charge is -2.19. The number of nitrogens with zero attached hydrogens (tertiary/aromatic N) is 4. The molecule has 38 heavy (non-hydrogen) atoms. The molecule has 2 aromatic heterocycles. The molecule has 2 heterocycles. The molecule has 0 saturated heterocycles. The van der Waals surface area contributed by atoms with Crippen LogP contribution >= 0.6 is 11.6 Å². The van der Waals surface area contributed by atoms with Gasteiger partial charge >= 0.3 is 17.3 Å². The fourth-order valence-electron chi connectivity index (χ4n) is 3.62. The number of hydrogen-bond acceptors (Lipinski definition) is 6. The van der Waals surface area contributed by atoms with Gasteiger partial charge in [-0.25, -0.2) is 23.5 Å². The first-order chi connectivity index (χ1) is 18.1. The van der Waals surface area contributed by atoms with E-state index in [1.54, 1.807) is 48.5 Å². The van der Waals surface area contributed by atoms with Crippen molar-refractivity contribution in [1.82, 2.24) is 19.1 Å². The van der Waals surface area contributed by atoms with E-state index >= 15 is 0 Å². The number of pyridine rings is 1. The van der Waals surface area contributed by atoms with Crippen molar-refractivity contribution in [3.63, 3.8) is 0 Å². The molecule has 10 nitrogen and oxygen atoms in total. The van der Waals surface area contributed by atoms with Crippen LogP contribution < -0.4 is 21.7 Å². The van der Waals surface area contributed by atoms with Crippen molar-refractivity contribution in [1.29, 1.82) is 0 Å². The van der Waals surface area contributed by atoms with Crippen LogP contribution in [0.5, 0.6) is 11.5 Å². The Hall–Kier alpha value is -4.51. The van der Waals surface area contributed by atoms with E-state index in [4.69, 9.17) is 16.3 Å². The molecule has 0 saturated carbocycles. The minimum atomic E-state index is -1.14. The van der Waals surface area contributed by atoms with Gasteiger partial charge in [0.2, 0.25) is 5.62 Å². The van der Waals surface area contributed by atoms with Crippen molar-refractivity contribution in [2.75, 3.05) is 0 Å². The molecular formula is C26H23ClFN5O5. The van der Waals surface area contributed by atoms with Crippen molar-refractivity contribution >= 4 is 23.3 Å². The highest BCUT2D eigenvalue weighted by Gasteiger charge is 2.25. The lowest BCUT2D eigenvalue weighted by atomic mass is 10.0. The zero-order chi connectivity index (χ0) is 27.4. The van der Waals surface area contributed by atoms with E-state index in [9.17, 15) is 23.9 Å². The maximum atomic E-state index is 13.5. The van der Waals surface area contributed by atoms with Crippen LogP contribution in [0.3, 0.4) is 0 Å². The van der Waals surface area contributed by atoms with Crippen LogP contribution in [0.25, 0.3) is 0 Å². The first-order valence-corrected chi connectivity index (χ1v) is 11.9. The number of aliphatic carboxylic acids is 1. The molecule has 4 aromatic rings. The summed E-state index contributed by atoms with van der Waals surface area (Å²) in [6.07, 6.45) is 2.43. The van der Waals surface area contributed by atoms with Gasteiger partial charge < -0.3 is 9.84 Å². The molecule has 2 N–H and O–H groups in total. The van der Waals surface area contributed by atoms with Crippen LogP contribution in [0, 0.1) is 11.7 Å². The van der Waals surface area contributed by atoms with Crippen LogP contribution in [-0.2, 0) is 11.3 Å². The van der Waals surface area contributed by atoms with E-state index in [1.165, 1.54) is 30.7 Å². The second-order valence-electron chi connectivity index (χ2n) is 8.53. The Morgan fingerprint density at radius 3 is 2.42 bits per heavy atom. The molecular weight excluding hydrogens is 517 g/mol. The molecule has 0 amide bonds. The molecule has 0 aliphatic rings. The lowest BCUT2D eigenvalue weighted by molar-refractivity contribution is -0.142. The molecule has 0 fully saturated rings. The van der Waals surface area contributed by atoms with E-state index < -0.39 is 35.1 Å². The summed E-state index contributed by atoms with van der Waals surface area (Å²) < 4.78 is 21.1. The van der Waals surface area contributed by atoms with Gasteiger partial charge in [0.15, 0.2) is 0 Å². The second kappa shape index (κ2) is 11.3. The molecule has 0 spiro atoms. The Morgan fingerprint density at radius 2 is 1.79 bits per heavy atom. The first kappa shape index (κ1) is 26.6. The number of carboxylic acids is 1. The first-order valence-electron chi connectivity index (χ1n) is 11.5. The number of benzene rings is 2. The Bertz CT molecular complexity index is 1650. The molecule has 0 aliphatic heterocycles. The molecule has 196 valence electrons. The summed E-state index contributed by atoms with van der Waals surface area (Å²) in [5.41, 5.74) is -0.455. The summed E-state index contributed by atoms with van der Waals surface area (Å²) in [6, 6.07) is 13.4. The standard InChI is InChI=1S/C26H23ClFN5O5/c1-15(23(34)35)16(2)33-25(36)31-24(32(26(33)37)14-17-3-5-18(27)6-4-17)30-20-7-9-21(10-8-20)38-22-11-19(28)12-29-13-22/h3-13,15-16H,14H2,1-2H3,(H,34,35)(H,30,31,36)/t15-,16+/m1/s1. The summed E-state index contributed by atoms with van der Waals surface area (Å²) >= 11 is 5.98. The summed E-state index contributed by atoms with van der Waals surface area (Å²) in [4.78, 5) is 48.7. The van der Waals surface area contributed by atoms with E-state index in [0.29, 0.717) is 22.0 Å². The maximum Gasteiger partial charge on any atom is 0.335 e. The third-order valence-corrected chi connectivity index (χ3v) is 6.14. The summed E-state index contributed by atoms with van der Waals surface area (Å²) in [5.74, 6) is -2.07. The normalized spacial score (nSPS) is 13.2. The average Bonchev–Trinajstić information content (AvgIpc) is 2.88. The van der Waals surface area contributed by atoms with Crippen molar-refractivity contribution in [3.05, 3.63) is 110 Å². The smallest absolute Gasteiger partial charge is 0.335 e. The SMILES string of the molecule is C[C@@H](C(=O)O)[C@H](C)n1c(=O)[nH]/c(=N\c2ccc(Oc3cncc(F)c3)cc2)n(Cc2ccc(Cl)cc2)c1=O. The Labute approximate surface area is 220 Å². The van der Waals surface area contributed by atoms with Gasteiger partial charge in [-0.15, -0.1) is 0 Å². The van der Waals surface area contributed by atoms with Crippen LogP contribution in [0.2, 0.25) is 5.02 Å². The van der Waals surface area contributed by atoms with Gasteiger partial charge in [0.1, 0.15) is 17.3 Å². The number of nitrogens with one attached hydrogen (secondary N) is 1. The quantitative estimate of drug-likeness (QED) is 0.349. The van der Waals surface area contributed by atoms with Crippen molar-refractivity contribution < 1.29 is 19.0 Å². The zero-order valence-electron chi connectivity index (χ0n) is 20.3. The summed E-state index contributed by atoms with van der Waals surface area (Å²) in [7, 11) is 0. The van der Waals surface area contributed by atoms with Gasteiger partial charge in [-0.2, -0.15) is 0 Å². The van der Waals surface area contributed by atoms with E-state index in [1.807, 2.05) is 0 Å². The Morgan fingerprint density at radius 1 is 1.11 bits per heavy atom. The number of aromatic nitrogens is 4. The van der Waals surface area contributed by atoms with Crippen molar-refractivity contribution in [2.24, 2.45) is 10.9 Å². The van der Waals surface area contributed by atoms with Crippen molar-refractivity contribution in [3.8, 4) is 11.5 Å². The average molecular weight is 540 g/mol. The third-order valence-electron chi connectivity index (χ3n) is 5.89. The molecule has 0 unspecified atom stereocenters. The lowest BCUT2D eigenvalue weighted by Crippen LogP contribution is -2.52. The summed E-state index contributed by atoms with van der Waals surface area (Å²) in [5, 5.41) is 9.92. The fourth-order valence-corrected chi connectivity index (χ4v) is 3.74. The number of ether oxygens (including phenoxy) is 1. The Balaban J connectivity index is 1.77. The number of aromatic amines is 1. The van der Waals surface area contributed by atoms with Gasteiger partial charge in [0, 0.05) is 11.1 Å². The van der Waals surface area contributed by atoms with Gasteiger partial charge in [-0.3, -0.25) is 19.3 Å². The highest BCUT2D eigenvalue weighted by atomic mass is 35.5. The van der Waals surface area contributed by atoms with Crippen LogP contribution in [-0.4, -0.2) is 30.2 Å². The number of carbonyl (C=O) groups is 1. The minimum absolute atomic E-state index is 0.0353. The summed E-state index contributed by atoms with van der Waals surface area (Å²) in [6.45, 7) is 2.95. The number of hydrogen-bond donors (Lipinski definition) is 2. The number of halogens is 2. The number of H-pyrrole nitrogens is 1. The molecule has 2 aromatic carbocycles. The third kappa shape index (κ3) is 6.06. The fraction of sp³-hybridized carbons (Fsp3) is 0.192. The number of rotatable bonds is 8. The molecule has 0 bridgehead atoms. The predicted octanol–water partition coefficient (Wildman–Crippen LogP) is 3.88. The molecule has 0 radical (unpaired) electrons. The second-order valence-corrected chi connectivity index (χ2v) is 8.97. The maximum absolute atomic E-state index is 13.5. The van der Waals surface area contributed by atoms with Crippen LogP contribution in [0.1, 0.15) is 25.5 Å². The van der Waals surface area contributed by atoms with E-state index in [2.05, 4.69) is 15.0 Å². The molecule has 12 heteroatoms. The highest BCUT2D eigenvalue weighted by molar-refractivity contribution is 6.30.